The Hall–Kier alpha value is -2.54. The molecule has 1 saturated heterocycles. The van der Waals surface area contributed by atoms with Crippen molar-refractivity contribution in [3.63, 3.8) is 0 Å². The van der Waals surface area contributed by atoms with Crippen molar-refractivity contribution in [1.29, 1.82) is 0 Å². The van der Waals surface area contributed by atoms with Gasteiger partial charge in [0.2, 0.25) is 0 Å². The predicted molar refractivity (Wildman–Crippen MR) is 92.4 cm³/mol. The van der Waals surface area contributed by atoms with Gasteiger partial charge in [-0.3, -0.25) is 19.6 Å². The summed E-state index contributed by atoms with van der Waals surface area (Å²) in [4.78, 5) is 35.4. The summed E-state index contributed by atoms with van der Waals surface area (Å²) in [6.45, 7) is 3.28. The molecule has 1 aliphatic heterocycles. The largest absolute Gasteiger partial charge is 0.377 e. The maximum Gasteiger partial charge on any atom is 0.263 e. The lowest BCUT2D eigenvalue weighted by atomic mass is 10.1. The van der Waals surface area contributed by atoms with Crippen molar-refractivity contribution >= 4 is 5.91 Å². The summed E-state index contributed by atoms with van der Waals surface area (Å²) in [5.74, 6) is -0.229. The molecular weight excluding hydrogens is 320 g/mol. The molecule has 3 heterocycles. The van der Waals surface area contributed by atoms with Gasteiger partial charge in [-0.2, -0.15) is 0 Å². The lowest BCUT2D eigenvalue weighted by Crippen LogP contribution is -2.50. The van der Waals surface area contributed by atoms with Crippen LogP contribution in [0.2, 0.25) is 0 Å². The summed E-state index contributed by atoms with van der Waals surface area (Å²) in [6, 6.07) is 3.34. The molecule has 2 aromatic rings. The normalized spacial score (nSPS) is 17.5. The smallest absolute Gasteiger partial charge is 0.263 e. The van der Waals surface area contributed by atoms with Crippen molar-refractivity contribution in [3.8, 4) is 0 Å². The summed E-state index contributed by atoms with van der Waals surface area (Å²) in [7, 11) is 1.68. The van der Waals surface area contributed by atoms with Crippen molar-refractivity contribution < 1.29 is 9.53 Å². The van der Waals surface area contributed by atoms with Crippen molar-refractivity contribution in [2.45, 2.75) is 25.8 Å². The molecule has 1 fully saturated rings. The van der Waals surface area contributed by atoms with Gasteiger partial charge < -0.3 is 14.2 Å². The first kappa shape index (κ1) is 17.3. The van der Waals surface area contributed by atoms with Crippen LogP contribution in [-0.2, 0) is 18.2 Å². The van der Waals surface area contributed by atoms with Gasteiger partial charge in [0, 0.05) is 37.9 Å². The minimum atomic E-state index is -0.260. The van der Waals surface area contributed by atoms with E-state index in [1.165, 1.54) is 4.57 Å². The van der Waals surface area contributed by atoms with Crippen LogP contribution in [0, 0.1) is 6.92 Å². The Labute approximate surface area is 146 Å². The van der Waals surface area contributed by atoms with E-state index in [-0.39, 0.29) is 23.1 Å². The van der Waals surface area contributed by atoms with Crippen molar-refractivity contribution in [1.82, 2.24) is 19.4 Å². The van der Waals surface area contributed by atoms with Crippen LogP contribution in [0.5, 0.6) is 0 Å². The van der Waals surface area contributed by atoms with E-state index in [4.69, 9.17) is 4.74 Å². The molecule has 1 unspecified atom stereocenters. The third kappa shape index (κ3) is 3.76. The van der Waals surface area contributed by atoms with E-state index in [0.29, 0.717) is 26.2 Å². The maximum atomic E-state index is 12.9. The number of aryl methyl sites for hydroxylation is 2. The molecule has 25 heavy (non-hydrogen) atoms. The van der Waals surface area contributed by atoms with E-state index >= 15 is 0 Å². The van der Waals surface area contributed by atoms with Crippen LogP contribution in [-0.4, -0.2) is 51.1 Å². The number of pyridine rings is 1. The molecule has 0 radical (unpaired) electrons. The summed E-state index contributed by atoms with van der Waals surface area (Å²) < 4.78 is 7.05. The minimum Gasteiger partial charge on any atom is -0.377 e. The SMILES string of the molecule is Cc1ccc(C(=O)N2CCOCC2CCc2cnccn2)c(=O)n1C. The summed E-state index contributed by atoms with van der Waals surface area (Å²) in [5, 5.41) is 0. The van der Waals surface area contributed by atoms with Gasteiger partial charge in [-0.1, -0.05) is 0 Å². The highest BCUT2D eigenvalue weighted by molar-refractivity contribution is 5.94. The van der Waals surface area contributed by atoms with Gasteiger partial charge in [0.15, 0.2) is 0 Å². The average molecular weight is 342 g/mol. The molecule has 1 amide bonds. The quantitative estimate of drug-likeness (QED) is 0.827. The Balaban J connectivity index is 1.77. The maximum absolute atomic E-state index is 12.9. The Kier molecular flexibility index (Phi) is 5.23. The highest BCUT2D eigenvalue weighted by Gasteiger charge is 2.29. The number of carbonyl (C=O) groups is 1. The fourth-order valence-electron chi connectivity index (χ4n) is 2.98. The van der Waals surface area contributed by atoms with Gasteiger partial charge in [-0.15, -0.1) is 0 Å². The zero-order chi connectivity index (χ0) is 17.8. The molecule has 0 N–H and O–H groups in total. The zero-order valence-electron chi connectivity index (χ0n) is 14.5. The Morgan fingerprint density at radius 3 is 2.96 bits per heavy atom. The van der Waals surface area contributed by atoms with Gasteiger partial charge in [0.1, 0.15) is 5.56 Å². The van der Waals surface area contributed by atoms with Crippen LogP contribution in [0.1, 0.15) is 28.2 Å². The van der Waals surface area contributed by atoms with Crippen molar-refractivity contribution in [2.75, 3.05) is 19.8 Å². The molecule has 3 rings (SSSR count). The van der Waals surface area contributed by atoms with E-state index in [9.17, 15) is 9.59 Å². The second kappa shape index (κ2) is 7.57. The number of amides is 1. The number of aromatic nitrogens is 3. The van der Waals surface area contributed by atoms with Gasteiger partial charge in [0.05, 0.1) is 24.9 Å². The molecule has 2 aromatic heterocycles. The van der Waals surface area contributed by atoms with Crippen LogP contribution in [0.3, 0.4) is 0 Å². The average Bonchev–Trinajstić information content (AvgIpc) is 2.65. The Morgan fingerprint density at radius 1 is 1.36 bits per heavy atom. The molecule has 0 saturated carbocycles. The summed E-state index contributed by atoms with van der Waals surface area (Å²) in [6.07, 6.45) is 6.45. The lowest BCUT2D eigenvalue weighted by molar-refractivity contribution is -0.00425. The van der Waals surface area contributed by atoms with Crippen LogP contribution >= 0.6 is 0 Å². The number of hydrogen-bond donors (Lipinski definition) is 0. The number of ether oxygens (including phenoxy) is 1. The van der Waals surface area contributed by atoms with E-state index in [2.05, 4.69) is 9.97 Å². The topological polar surface area (TPSA) is 77.3 Å². The van der Waals surface area contributed by atoms with Crippen LogP contribution < -0.4 is 5.56 Å². The van der Waals surface area contributed by atoms with Gasteiger partial charge >= 0.3 is 0 Å². The lowest BCUT2D eigenvalue weighted by Gasteiger charge is -2.35. The second-order valence-electron chi connectivity index (χ2n) is 6.22. The molecule has 7 nitrogen and oxygen atoms in total. The Morgan fingerprint density at radius 2 is 2.20 bits per heavy atom. The van der Waals surface area contributed by atoms with E-state index < -0.39 is 0 Å². The number of rotatable bonds is 4. The molecular formula is C18H22N4O3. The van der Waals surface area contributed by atoms with E-state index in [1.54, 1.807) is 42.7 Å². The number of carbonyl (C=O) groups excluding carboxylic acids is 1. The third-order valence-electron chi connectivity index (χ3n) is 4.62. The van der Waals surface area contributed by atoms with Crippen molar-refractivity contribution in [2.24, 2.45) is 7.05 Å². The molecule has 0 bridgehead atoms. The van der Waals surface area contributed by atoms with Gasteiger partial charge in [-0.25, -0.2) is 0 Å². The standard InChI is InChI=1S/C18H22N4O3/c1-13-3-6-16(17(23)21(13)2)18(24)22-9-10-25-12-15(22)5-4-14-11-19-7-8-20-14/h3,6-8,11,15H,4-5,9-10,12H2,1-2H3. The first-order valence-electron chi connectivity index (χ1n) is 8.38. The Bertz CT molecular complexity index is 804. The number of morpholine rings is 1. The van der Waals surface area contributed by atoms with E-state index in [1.807, 2.05) is 6.92 Å². The molecule has 1 aliphatic rings. The van der Waals surface area contributed by atoms with Gasteiger partial charge in [-0.05, 0) is 31.9 Å². The first-order valence-corrected chi connectivity index (χ1v) is 8.38. The van der Waals surface area contributed by atoms with Crippen LogP contribution in [0.25, 0.3) is 0 Å². The monoisotopic (exact) mass is 342 g/mol. The van der Waals surface area contributed by atoms with Crippen LogP contribution in [0.15, 0.2) is 35.5 Å². The fourth-order valence-corrected chi connectivity index (χ4v) is 2.98. The number of hydrogen-bond acceptors (Lipinski definition) is 5. The molecule has 0 aliphatic carbocycles. The fraction of sp³-hybridized carbons (Fsp3) is 0.444. The third-order valence-corrected chi connectivity index (χ3v) is 4.62. The van der Waals surface area contributed by atoms with Gasteiger partial charge in [0.25, 0.3) is 11.5 Å². The summed E-state index contributed by atoms with van der Waals surface area (Å²) in [5.41, 5.74) is 1.65. The molecule has 0 spiro atoms. The predicted octanol–water partition coefficient (Wildman–Crippen LogP) is 0.958. The first-order chi connectivity index (χ1) is 12.1. The summed E-state index contributed by atoms with van der Waals surface area (Å²) >= 11 is 0. The molecule has 132 valence electrons. The zero-order valence-corrected chi connectivity index (χ0v) is 14.5. The highest BCUT2D eigenvalue weighted by atomic mass is 16.5. The van der Waals surface area contributed by atoms with Crippen LogP contribution in [0.4, 0.5) is 0 Å². The highest BCUT2D eigenvalue weighted by Crippen LogP contribution is 2.16. The van der Waals surface area contributed by atoms with Crippen molar-refractivity contribution in [3.05, 3.63) is 58.0 Å². The molecule has 1 atom stereocenters. The molecule has 7 heteroatoms. The number of nitrogens with zero attached hydrogens (tertiary/aromatic N) is 4. The second-order valence-corrected chi connectivity index (χ2v) is 6.22. The molecule has 0 aromatic carbocycles. The van der Waals surface area contributed by atoms with E-state index in [0.717, 1.165) is 17.8 Å². The minimum absolute atomic E-state index is 0.0748.